The SMILES string of the molecule is COc1cc(C)c(C)cc1S(=O)(=O)N1CCc2c([nH]c3ccccc23)C1. The molecular weight excluding hydrogens is 348 g/mol. The van der Waals surface area contributed by atoms with Gasteiger partial charge in [-0.1, -0.05) is 18.2 Å². The molecule has 26 heavy (non-hydrogen) atoms. The molecule has 4 rings (SSSR count). The van der Waals surface area contributed by atoms with Crippen LogP contribution in [0.3, 0.4) is 0 Å². The minimum absolute atomic E-state index is 0.239. The fourth-order valence-corrected chi connectivity index (χ4v) is 5.27. The Hall–Kier alpha value is -2.31. The monoisotopic (exact) mass is 370 g/mol. The van der Waals surface area contributed by atoms with E-state index in [1.54, 1.807) is 12.1 Å². The smallest absolute Gasteiger partial charge is 0.247 e. The topological polar surface area (TPSA) is 62.4 Å². The predicted octanol–water partition coefficient (Wildman–Crippen LogP) is 3.54. The van der Waals surface area contributed by atoms with Crippen LogP contribution in [-0.2, 0) is 23.0 Å². The van der Waals surface area contributed by atoms with Crippen LogP contribution in [0.2, 0.25) is 0 Å². The quantitative estimate of drug-likeness (QED) is 0.767. The molecule has 0 unspecified atom stereocenters. The van der Waals surface area contributed by atoms with Crippen LogP contribution < -0.4 is 4.74 Å². The molecule has 0 bridgehead atoms. The van der Waals surface area contributed by atoms with Crippen molar-refractivity contribution in [2.45, 2.75) is 31.7 Å². The first-order valence-electron chi connectivity index (χ1n) is 8.65. The van der Waals surface area contributed by atoms with Gasteiger partial charge in [0.25, 0.3) is 0 Å². The second-order valence-corrected chi connectivity index (χ2v) is 8.71. The van der Waals surface area contributed by atoms with Crippen molar-refractivity contribution >= 4 is 20.9 Å². The van der Waals surface area contributed by atoms with Crippen molar-refractivity contribution in [3.05, 3.63) is 58.8 Å². The summed E-state index contributed by atoms with van der Waals surface area (Å²) < 4.78 is 33.5. The zero-order chi connectivity index (χ0) is 18.5. The number of para-hydroxylation sites is 1. The van der Waals surface area contributed by atoms with Crippen molar-refractivity contribution in [2.75, 3.05) is 13.7 Å². The first-order valence-corrected chi connectivity index (χ1v) is 10.1. The molecule has 1 N–H and O–H groups in total. The highest BCUT2D eigenvalue weighted by Gasteiger charge is 2.32. The summed E-state index contributed by atoms with van der Waals surface area (Å²) in [5.74, 6) is 0.399. The average Bonchev–Trinajstić information content (AvgIpc) is 3.01. The van der Waals surface area contributed by atoms with Gasteiger partial charge < -0.3 is 9.72 Å². The molecule has 0 atom stereocenters. The number of rotatable bonds is 3. The molecule has 136 valence electrons. The Morgan fingerprint density at radius 3 is 2.62 bits per heavy atom. The third kappa shape index (κ3) is 2.61. The van der Waals surface area contributed by atoms with Crippen LogP contribution >= 0.6 is 0 Å². The highest BCUT2D eigenvalue weighted by Crippen LogP contribution is 2.34. The number of benzene rings is 2. The first-order chi connectivity index (χ1) is 12.4. The van der Waals surface area contributed by atoms with Crippen LogP contribution in [0.25, 0.3) is 10.9 Å². The lowest BCUT2D eigenvalue weighted by atomic mass is 10.1. The van der Waals surface area contributed by atoms with Crippen molar-refractivity contribution in [2.24, 2.45) is 0 Å². The average molecular weight is 370 g/mol. The van der Waals surface area contributed by atoms with Crippen molar-refractivity contribution in [1.82, 2.24) is 9.29 Å². The van der Waals surface area contributed by atoms with Crippen LogP contribution in [0.1, 0.15) is 22.4 Å². The number of aromatic nitrogens is 1. The van der Waals surface area contributed by atoms with Crippen molar-refractivity contribution in [3.63, 3.8) is 0 Å². The molecule has 0 saturated carbocycles. The number of H-pyrrole nitrogens is 1. The summed E-state index contributed by atoms with van der Waals surface area (Å²) in [4.78, 5) is 3.62. The van der Waals surface area contributed by atoms with Gasteiger partial charge in [-0.05, 0) is 55.2 Å². The third-order valence-corrected chi connectivity index (χ3v) is 7.11. The van der Waals surface area contributed by atoms with Crippen LogP contribution in [0.4, 0.5) is 0 Å². The van der Waals surface area contributed by atoms with Gasteiger partial charge in [0.1, 0.15) is 10.6 Å². The maximum absolute atomic E-state index is 13.3. The second kappa shape index (κ2) is 6.14. The lowest BCUT2D eigenvalue weighted by molar-refractivity contribution is 0.375. The van der Waals surface area contributed by atoms with Crippen LogP contribution in [0.5, 0.6) is 5.75 Å². The number of methoxy groups -OCH3 is 1. The van der Waals surface area contributed by atoms with Gasteiger partial charge in [-0.2, -0.15) is 4.31 Å². The van der Waals surface area contributed by atoms with Gasteiger partial charge in [0, 0.05) is 23.1 Å². The summed E-state index contributed by atoms with van der Waals surface area (Å²) in [6.45, 7) is 4.68. The lowest BCUT2D eigenvalue weighted by Gasteiger charge is -2.27. The van der Waals surface area contributed by atoms with E-state index in [0.717, 1.165) is 22.3 Å². The van der Waals surface area contributed by atoms with E-state index in [1.165, 1.54) is 22.4 Å². The molecule has 2 heterocycles. The van der Waals surface area contributed by atoms with Crippen molar-refractivity contribution in [3.8, 4) is 5.75 Å². The maximum Gasteiger partial charge on any atom is 0.247 e. The van der Waals surface area contributed by atoms with Gasteiger partial charge in [0.05, 0.1) is 13.7 Å². The first kappa shape index (κ1) is 17.1. The molecule has 0 saturated heterocycles. The van der Waals surface area contributed by atoms with Gasteiger partial charge in [0.15, 0.2) is 0 Å². The van der Waals surface area contributed by atoms with E-state index in [2.05, 4.69) is 11.1 Å². The zero-order valence-corrected chi connectivity index (χ0v) is 16.0. The summed E-state index contributed by atoms with van der Waals surface area (Å²) in [6.07, 6.45) is 0.700. The van der Waals surface area contributed by atoms with Gasteiger partial charge in [0.2, 0.25) is 10.0 Å². The number of aromatic amines is 1. The lowest BCUT2D eigenvalue weighted by Crippen LogP contribution is -2.36. The largest absolute Gasteiger partial charge is 0.495 e. The molecule has 6 heteroatoms. The van der Waals surface area contributed by atoms with E-state index < -0.39 is 10.0 Å². The molecule has 1 aromatic heterocycles. The minimum atomic E-state index is -3.64. The molecular formula is C20H22N2O3S. The predicted molar refractivity (Wildman–Crippen MR) is 102 cm³/mol. The Labute approximate surface area is 153 Å². The Kier molecular flexibility index (Phi) is 4.04. The molecule has 0 fully saturated rings. The molecule has 5 nitrogen and oxygen atoms in total. The fourth-order valence-electron chi connectivity index (χ4n) is 3.64. The number of aryl methyl sites for hydroxylation is 2. The van der Waals surface area contributed by atoms with Gasteiger partial charge in [-0.3, -0.25) is 0 Å². The van der Waals surface area contributed by atoms with E-state index in [4.69, 9.17) is 4.74 Å². The van der Waals surface area contributed by atoms with Crippen molar-refractivity contribution in [1.29, 1.82) is 0 Å². The van der Waals surface area contributed by atoms with Crippen LogP contribution in [0, 0.1) is 13.8 Å². The number of fused-ring (bicyclic) bond motifs is 3. The Morgan fingerprint density at radius 2 is 1.85 bits per heavy atom. The number of sulfonamides is 1. The number of hydrogen-bond donors (Lipinski definition) is 1. The standard InChI is InChI=1S/C20H22N2O3S/c1-13-10-19(25-3)20(11-14(13)2)26(23,24)22-9-8-16-15-6-4-5-7-17(15)21-18(16)12-22/h4-7,10-11,21H,8-9,12H2,1-3H3. The molecule has 3 aromatic rings. The highest BCUT2D eigenvalue weighted by molar-refractivity contribution is 7.89. The van der Waals surface area contributed by atoms with E-state index >= 15 is 0 Å². The van der Waals surface area contributed by atoms with Gasteiger partial charge in [-0.25, -0.2) is 8.42 Å². The van der Waals surface area contributed by atoms with Crippen LogP contribution in [-0.4, -0.2) is 31.4 Å². The van der Waals surface area contributed by atoms with Gasteiger partial charge >= 0.3 is 0 Å². The number of nitrogens with one attached hydrogen (secondary N) is 1. The number of hydrogen-bond acceptors (Lipinski definition) is 3. The molecule has 1 aliphatic heterocycles. The molecule has 0 amide bonds. The summed E-state index contributed by atoms with van der Waals surface area (Å²) >= 11 is 0. The van der Waals surface area contributed by atoms with E-state index in [9.17, 15) is 8.42 Å². The molecule has 2 aromatic carbocycles. The summed E-state index contributed by atoms with van der Waals surface area (Å²) in [5.41, 5.74) is 5.20. The highest BCUT2D eigenvalue weighted by atomic mass is 32.2. The van der Waals surface area contributed by atoms with Crippen LogP contribution in [0.15, 0.2) is 41.3 Å². The third-order valence-electron chi connectivity index (χ3n) is 5.25. The van der Waals surface area contributed by atoms with Gasteiger partial charge in [-0.15, -0.1) is 0 Å². The normalized spacial score (nSPS) is 15.2. The molecule has 1 aliphatic rings. The Morgan fingerprint density at radius 1 is 1.12 bits per heavy atom. The number of ether oxygens (including phenoxy) is 1. The maximum atomic E-state index is 13.3. The molecule has 0 aliphatic carbocycles. The summed E-state index contributed by atoms with van der Waals surface area (Å²) in [5, 5.41) is 1.18. The van der Waals surface area contributed by atoms with Crippen molar-refractivity contribution < 1.29 is 13.2 Å². The fraction of sp³-hybridized carbons (Fsp3) is 0.300. The van der Waals surface area contributed by atoms with E-state index in [1.807, 2.05) is 32.0 Å². The molecule has 0 spiro atoms. The number of nitrogens with zero attached hydrogens (tertiary/aromatic N) is 1. The Bertz CT molecular complexity index is 1100. The summed E-state index contributed by atoms with van der Waals surface area (Å²) in [7, 11) is -2.13. The molecule has 0 radical (unpaired) electrons. The second-order valence-electron chi connectivity index (χ2n) is 6.80. The van der Waals surface area contributed by atoms with E-state index in [-0.39, 0.29) is 4.90 Å². The summed E-state index contributed by atoms with van der Waals surface area (Å²) in [6, 6.07) is 11.6. The van der Waals surface area contributed by atoms with E-state index in [0.29, 0.717) is 25.3 Å². The Balaban J connectivity index is 1.75. The zero-order valence-electron chi connectivity index (χ0n) is 15.2. The minimum Gasteiger partial charge on any atom is -0.495 e.